The molecule has 1 N–H and O–H groups in total. The van der Waals surface area contributed by atoms with Crippen molar-refractivity contribution in [2.24, 2.45) is 5.41 Å². The van der Waals surface area contributed by atoms with Gasteiger partial charge in [0.05, 0.1) is 17.9 Å². The van der Waals surface area contributed by atoms with Crippen LogP contribution >= 0.6 is 15.9 Å². The average Bonchev–Trinajstić information content (AvgIpc) is 2.93. The van der Waals surface area contributed by atoms with E-state index in [2.05, 4.69) is 32.8 Å². The third-order valence-corrected chi connectivity index (χ3v) is 5.83. The van der Waals surface area contributed by atoms with E-state index in [4.69, 9.17) is 4.74 Å². The second kappa shape index (κ2) is 5.84. The number of benzene rings is 1. The fraction of sp³-hybridized carbons (Fsp3) is 0.500. The summed E-state index contributed by atoms with van der Waals surface area (Å²) in [6, 6.07) is 8.30. The first-order chi connectivity index (χ1) is 12.2. The van der Waals surface area contributed by atoms with Crippen molar-refractivity contribution in [1.29, 1.82) is 0 Å². The summed E-state index contributed by atoms with van der Waals surface area (Å²) in [6.07, 6.45) is 3.57. The number of likely N-dealkylation sites (tertiary alicyclic amines) is 1. The minimum absolute atomic E-state index is 0.0576. The van der Waals surface area contributed by atoms with Crippen molar-refractivity contribution in [3.63, 3.8) is 0 Å². The van der Waals surface area contributed by atoms with E-state index >= 15 is 0 Å². The van der Waals surface area contributed by atoms with Crippen LogP contribution in [-0.2, 0) is 4.74 Å². The lowest BCUT2D eigenvalue weighted by Crippen LogP contribution is -2.38. The molecule has 2 aliphatic rings. The van der Waals surface area contributed by atoms with Crippen LogP contribution in [0.5, 0.6) is 0 Å². The van der Waals surface area contributed by atoms with Crippen molar-refractivity contribution in [2.45, 2.75) is 58.2 Å². The number of nitrogens with one attached hydrogen (secondary N) is 1. The van der Waals surface area contributed by atoms with E-state index in [1.54, 1.807) is 0 Å². The molecule has 1 aromatic carbocycles. The summed E-state index contributed by atoms with van der Waals surface area (Å²) in [7, 11) is 0. The number of fused-ring (bicyclic) bond motifs is 1. The normalized spacial score (nSPS) is 27.3. The third-order valence-electron chi connectivity index (χ3n) is 5.31. The largest absolute Gasteiger partial charge is 0.444 e. The number of hydrogen-bond donors (Lipinski definition) is 1. The topological polar surface area (TPSA) is 58.2 Å². The molecule has 4 rings (SSSR count). The molecule has 26 heavy (non-hydrogen) atoms. The highest BCUT2D eigenvalue weighted by Crippen LogP contribution is 2.63. The quantitative estimate of drug-likeness (QED) is 0.720. The lowest BCUT2D eigenvalue weighted by Gasteiger charge is -2.29. The Balaban J connectivity index is 1.60. The third kappa shape index (κ3) is 3.15. The number of nitrogens with zero attached hydrogens (tertiary/aromatic N) is 2. The average molecular weight is 418 g/mol. The van der Waals surface area contributed by atoms with E-state index in [1.807, 2.05) is 56.1 Å². The zero-order chi connectivity index (χ0) is 18.7. The zero-order valence-electron chi connectivity index (χ0n) is 15.5. The molecule has 5 nitrogen and oxygen atoms in total. The van der Waals surface area contributed by atoms with Crippen molar-refractivity contribution in [3.05, 3.63) is 40.8 Å². The van der Waals surface area contributed by atoms with Crippen molar-refractivity contribution in [3.8, 4) is 11.3 Å². The Hall–Kier alpha value is -1.82. The van der Waals surface area contributed by atoms with E-state index in [1.165, 1.54) is 0 Å². The highest BCUT2D eigenvalue weighted by Gasteiger charge is 2.64. The van der Waals surface area contributed by atoms with Gasteiger partial charge in [-0.2, -0.15) is 0 Å². The van der Waals surface area contributed by atoms with E-state index in [0.717, 1.165) is 34.4 Å². The van der Waals surface area contributed by atoms with Gasteiger partial charge in [0.2, 0.25) is 0 Å². The van der Waals surface area contributed by atoms with Gasteiger partial charge >= 0.3 is 6.09 Å². The van der Waals surface area contributed by atoms with Crippen LogP contribution in [0.25, 0.3) is 11.3 Å². The van der Waals surface area contributed by atoms with Crippen LogP contribution in [0.15, 0.2) is 34.9 Å². The maximum absolute atomic E-state index is 12.8. The molecule has 1 aliphatic heterocycles. The molecule has 2 heterocycles. The molecule has 3 atom stereocenters. The van der Waals surface area contributed by atoms with E-state index < -0.39 is 5.60 Å². The van der Waals surface area contributed by atoms with Gasteiger partial charge in [0.15, 0.2) is 0 Å². The van der Waals surface area contributed by atoms with Gasteiger partial charge in [-0.15, -0.1) is 0 Å². The van der Waals surface area contributed by atoms with E-state index in [-0.39, 0.29) is 23.6 Å². The molecule has 0 bridgehead atoms. The standard InChI is InChI=1S/C20H24BrN3O2/c1-19(2,3)26-18(25)24-15(9-20(4)10-16(20)24)17-22-11-14(23-17)12-5-7-13(21)8-6-12/h5-8,11,15-16H,9-10H2,1-4H3,(H,22,23)/t15-,16-,20+/m0/s1. The SMILES string of the molecule is CC(C)(C)OC(=O)N1[C@H]2C[C@@]2(C)C[C@H]1c1ncc(-c2ccc(Br)cc2)[nH]1. The second-order valence-corrected chi connectivity index (χ2v) is 9.59. The molecule has 1 saturated heterocycles. The Morgan fingerprint density at radius 2 is 2.00 bits per heavy atom. The molecule has 0 unspecified atom stereocenters. The number of aromatic amines is 1. The van der Waals surface area contributed by atoms with Gasteiger partial charge in [0.1, 0.15) is 11.4 Å². The minimum atomic E-state index is -0.499. The van der Waals surface area contributed by atoms with Crippen LogP contribution in [0.4, 0.5) is 4.79 Å². The highest BCUT2D eigenvalue weighted by atomic mass is 79.9. The maximum atomic E-state index is 12.8. The van der Waals surface area contributed by atoms with Gasteiger partial charge in [0.25, 0.3) is 0 Å². The van der Waals surface area contributed by atoms with Gasteiger partial charge in [0, 0.05) is 10.5 Å². The smallest absolute Gasteiger partial charge is 0.411 e. The summed E-state index contributed by atoms with van der Waals surface area (Å²) in [4.78, 5) is 22.7. The summed E-state index contributed by atoms with van der Waals surface area (Å²) in [5.41, 5.74) is 1.72. The first-order valence-corrected chi connectivity index (χ1v) is 9.78. The maximum Gasteiger partial charge on any atom is 0.411 e. The van der Waals surface area contributed by atoms with Crippen LogP contribution in [0.3, 0.4) is 0 Å². The molecule has 2 fully saturated rings. The summed E-state index contributed by atoms with van der Waals surface area (Å²) in [6.45, 7) is 7.95. The van der Waals surface area contributed by atoms with Crippen molar-refractivity contribution in [2.75, 3.05) is 0 Å². The molecule has 138 valence electrons. The van der Waals surface area contributed by atoms with Gasteiger partial charge < -0.3 is 9.72 Å². The molecule has 6 heteroatoms. The molecular formula is C20H24BrN3O2. The summed E-state index contributed by atoms with van der Waals surface area (Å²) in [5, 5.41) is 0. The summed E-state index contributed by atoms with van der Waals surface area (Å²) >= 11 is 3.46. The van der Waals surface area contributed by atoms with Crippen LogP contribution in [0.1, 0.15) is 52.4 Å². The molecule has 1 aromatic heterocycles. The molecule has 1 amide bonds. The Morgan fingerprint density at radius 1 is 1.31 bits per heavy atom. The Labute approximate surface area is 162 Å². The van der Waals surface area contributed by atoms with Gasteiger partial charge in [-0.1, -0.05) is 35.0 Å². The first-order valence-electron chi connectivity index (χ1n) is 8.98. The van der Waals surface area contributed by atoms with Gasteiger partial charge in [-0.3, -0.25) is 4.90 Å². The first kappa shape index (κ1) is 17.6. The van der Waals surface area contributed by atoms with Gasteiger partial charge in [-0.25, -0.2) is 9.78 Å². The molecule has 1 saturated carbocycles. The molecular weight excluding hydrogens is 394 g/mol. The molecule has 0 radical (unpaired) electrons. The van der Waals surface area contributed by atoms with Crippen molar-refractivity contribution >= 4 is 22.0 Å². The zero-order valence-corrected chi connectivity index (χ0v) is 17.1. The molecule has 0 spiro atoms. The monoisotopic (exact) mass is 417 g/mol. The highest BCUT2D eigenvalue weighted by molar-refractivity contribution is 9.10. The number of imidazole rings is 1. The number of halogens is 1. The Morgan fingerprint density at radius 3 is 2.65 bits per heavy atom. The van der Waals surface area contributed by atoms with Crippen molar-refractivity contribution in [1.82, 2.24) is 14.9 Å². The fourth-order valence-corrected chi connectivity index (χ4v) is 4.14. The number of H-pyrrole nitrogens is 1. The van der Waals surface area contributed by atoms with Crippen LogP contribution in [0.2, 0.25) is 0 Å². The number of carbonyl (C=O) groups excluding carboxylic acids is 1. The molecule has 1 aliphatic carbocycles. The van der Waals surface area contributed by atoms with E-state index in [0.29, 0.717) is 0 Å². The fourth-order valence-electron chi connectivity index (χ4n) is 3.87. The predicted octanol–water partition coefficient (Wildman–Crippen LogP) is 5.30. The summed E-state index contributed by atoms with van der Waals surface area (Å²) in [5.74, 6) is 0.835. The second-order valence-electron chi connectivity index (χ2n) is 8.67. The van der Waals surface area contributed by atoms with Crippen molar-refractivity contribution < 1.29 is 9.53 Å². The number of aromatic nitrogens is 2. The number of piperidine rings is 1. The Bertz CT molecular complexity index is 839. The molecule has 2 aromatic rings. The number of ether oxygens (including phenoxy) is 1. The lowest BCUT2D eigenvalue weighted by molar-refractivity contribution is 0.0174. The number of hydrogen-bond acceptors (Lipinski definition) is 3. The van der Waals surface area contributed by atoms with Crippen LogP contribution in [0, 0.1) is 5.41 Å². The minimum Gasteiger partial charge on any atom is -0.444 e. The lowest BCUT2D eigenvalue weighted by atomic mass is 10.0. The Kier molecular flexibility index (Phi) is 3.95. The van der Waals surface area contributed by atoms with Crippen LogP contribution in [-0.4, -0.2) is 32.6 Å². The van der Waals surface area contributed by atoms with E-state index in [9.17, 15) is 4.79 Å². The van der Waals surface area contributed by atoms with Gasteiger partial charge in [-0.05, 0) is 56.7 Å². The number of amides is 1. The number of carbonyl (C=O) groups is 1. The number of rotatable bonds is 2. The predicted molar refractivity (Wildman–Crippen MR) is 104 cm³/mol. The summed E-state index contributed by atoms with van der Waals surface area (Å²) < 4.78 is 6.70. The van der Waals surface area contributed by atoms with Crippen LogP contribution < -0.4 is 0 Å².